The van der Waals surface area contributed by atoms with Gasteiger partial charge < -0.3 is 5.32 Å². The molecule has 0 saturated heterocycles. The highest BCUT2D eigenvalue weighted by Gasteiger charge is 2.03. The van der Waals surface area contributed by atoms with Gasteiger partial charge in [0, 0.05) is 10.9 Å². The minimum Gasteiger partial charge on any atom is -0.314 e. The quantitative estimate of drug-likeness (QED) is 0.741. The molecule has 1 atom stereocenters. The summed E-state index contributed by atoms with van der Waals surface area (Å²) in [5.74, 6) is 0. The van der Waals surface area contributed by atoms with Crippen LogP contribution in [0.1, 0.15) is 38.0 Å². The summed E-state index contributed by atoms with van der Waals surface area (Å²) in [6.07, 6.45) is 4.99. The summed E-state index contributed by atoms with van der Waals surface area (Å²) in [6, 6.07) is 4.99. The summed E-state index contributed by atoms with van der Waals surface area (Å²) < 4.78 is 1.24. The molecule has 1 unspecified atom stereocenters. The van der Waals surface area contributed by atoms with Gasteiger partial charge in [0.05, 0.1) is 3.79 Å². The third-order valence-electron chi connectivity index (χ3n) is 2.48. The van der Waals surface area contributed by atoms with Crippen LogP contribution in [0.3, 0.4) is 0 Å². The minimum atomic E-state index is 0.637. The molecule has 0 aliphatic heterocycles. The van der Waals surface area contributed by atoms with E-state index in [4.69, 9.17) is 0 Å². The van der Waals surface area contributed by atoms with Crippen molar-refractivity contribution in [3.05, 3.63) is 20.8 Å². The molecule has 15 heavy (non-hydrogen) atoms. The zero-order valence-corrected chi connectivity index (χ0v) is 12.0. The zero-order chi connectivity index (χ0) is 11.1. The second-order valence-electron chi connectivity index (χ2n) is 3.95. The van der Waals surface area contributed by atoms with Crippen molar-refractivity contribution in [3.63, 3.8) is 0 Å². The first kappa shape index (κ1) is 13.2. The number of thiophene rings is 1. The number of hydrogen-bond donors (Lipinski definition) is 1. The van der Waals surface area contributed by atoms with E-state index in [1.165, 1.54) is 34.3 Å². The summed E-state index contributed by atoms with van der Waals surface area (Å²) in [5.41, 5.74) is 0. The molecule has 1 heterocycles. The van der Waals surface area contributed by atoms with E-state index in [0.29, 0.717) is 6.04 Å². The van der Waals surface area contributed by atoms with Gasteiger partial charge in [-0.2, -0.15) is 0 Å². The Labute approximate surface area is 105 Å². The van der Waals surface area contributed by atoms with E-state index in [0.717, 1.165) is 6.54 Å². The van der Waals surface area contributed by atoms with E-state index in [1.54, 1.807) is 0 Å². The number of hydrogen-bond acceptors (Lipinski definition) is 2. The maximum absolute atomic E-state index is 3.55. The Morgan fingerprint density at radius 3 is 2.87 bits per heavy atom. The predicted molar refractivity (Wildman–Crippen MR) is 72.7 cm³/mol. The Hall–Kier alpha value is 0.140. The molecule has 86 valence electrons. The third-order valence-corrected chi connectivity index (χ3v) is 4.16. The predicted octanol–water partition coefficient (Wildman–Crippen LogP) is 4.22. The van der Waals surface area contributed by atoms with E-state index in [-0.39, 0.29) is 0 Å². The van der Waals surface area contributed by atoms with Crippen LogP contribution in [0.4, 0.5) is 0 Å². The van der Waals surface area contributed by atoms with Gasteiger partial charge in [0.2, 0.25) is 0 Å². The molecule has 1 aromatic heterocycles. The van der Waals surface area contributed by atoms with Crippen LogP contribution in [0.2, 0.25) is 0 Å². The van der Waals surface area contributed by atoms with Gasteiger partial charge in [0.15, 0.2) is 0 Å². The smallest absolute Gasteiger partial charge is 0.0701 e. The molecular weight excluding hydrogens is 270 g/mol. The highest BCUT2D eigenvalue weighted by atomic mass is 79.9. The van der Waals surface area contributed by atoms with E-state index in [1.807, 2.05) is 11.3 Å². The molecule has 1 rings (SSSR count). The van der Waals surface area contributed by atoms with Crippen molar-refractivity contribution in [2.45, 2.75) is 45.6 Å². The SMILES string of the molecule is CCCCNC(C)CCc1ccc(Br)s1. The van der Waals surface area contributed by atoms with Crippen molar-refractivity contribution in [1.82, 2.24) is 5.32 Å². The van der Waals surface area contributed by atoms with Gasteiger partial charge in [0.1, 0.15) is 0 Å². The third kappa shape index (κ3) is 5.69. The largest absolute Gasteiger partial charge is 0.314 e. The van der Waals surface area contributed by atoms with Gasteiger partial charge in [-0.1, -0.05) is 13.3 Å². The zero-order valence-electron chi connectivity index (χ0n) is 9.55. The van der Waals surface area contributed by atoms with Crippen molar-refractivity contribution < 1.29 is 0 Å². The summed E-state index contributed by atoms with van der Waals surface area (Å²) >= 11 is 5.34. The van der Waals surface area contributed by atoms with E-state index >= 15 is 0 Å². The molecule has 0 radical (unpaired) electrons. The topological polar surface area (TPSA) is 12.0 Å². The molecule has 1 aromatic rings. The highest BCUT2D eigenvalue weighted by Crippen LogP contribution is 2.23. The Morgan fingerprint density at radius 1 is 1.47 bits per heavy atom. The number of rotatable bonds is 7. The molecule has 0 aromatic carbocycles. The number of nitrogens with one attached hydrogen (secondary N) is 1. The minimum absolute atomic E-state index is 0.637. The van der Waals surface area contributed by atoms with Crippen LogP contribution in [0.5, 0.6) is 0 Å². The maximum atomic E-state index is 3.55. The Balaban J connectivity index is 2.13. The number of aryl methyl sites for hydroxylation is 1. The summed E-state index contributed by atoms with van der Waals surface area (Å²) in [6.45, 7) is 5.67. The first-order valence-electron chi connectivity index (χ1n) is 5.70. The van der Waals surface area contributed by atoms with Crippen LogP contribution in [0.15, 0.2) is 15.9 Å². The Kier molecular flexibility index (Phi) is 6.53. The van der Waals surface area contributed by atoms with Crippen molar-refractivity contribution in [2.75, 3.05) is 6.54 Å². The van der Waals surface area contributed by atoms with Crippen LogP contribution in [0, 0.1) is 0 Å². The molecule has 0 bridgehead atoms. The van der Waals surface area contributed by atoms with Gasteiger partial charge in [0.25, 0.3) is 0 Å². The van der Waals surface area contributed by atoms with Crippen molar-refractivity contribution >= 4 is 27.3 Å². The highest BCUT2D eigenvalue weighted by molar-refractivity contribution is 9.11. The lowest BCUT2D eigenvalue weighted by molar-refractivity contribution is 0.505. The maximum Gasteiger partial charge on any atom is 0.0701 e. The fourth-order valence-electron chi connectivity index (χ4n) is 1.47. The lowest BCUT2D eigenvalue weighted by Gasteiger charge is -2.12. The van der Waals surface area contributed by atoms with Crippen LogP contribution in [0.25, 0.3) is 0 Å². The number of unbranched alkanes of at least 4 members (excludes halogenated alkanes) is 1. The van der Waals surface area contributed by atoms with E-state index in [9.17, 15) is 0 Å². The molecule has 3 heteroatoms. The molecule has 1 nitrogen and oxygen atoms in total. The average molecular weight is 290 g/mol. The van der Waals surface area contributed by atoms with Gasteiger partial charge in [-0.3, -0.25) is 0 Å². The molecular formula is C12H20BrNS. The molecule has 0 spiro atoms. The molecule has 1 N–H and O–H groups in total. The average Bonchev–Trinajstić information content (AvgIpc) is 2.62. The van der Waals surface area contributed by atoms with Gasteiger partial charge in [-0.25, -0.2) is 0 Å². The number of halogens is 1. The van der Waals surface area contributed by atoms with Crippen molar-refractivity contribution in [1.29, 1.82) is 0 Å². The van der Waals surface area contributed by atoms with Crippen LogP contribution in [-0.2, 0) is 6.42 Å². The van der Waals surface area contributed by atoms with Crippen molar-refractivity contribution in [3.8, 4) is 0 Å². The van der Waals surface area contributed by atoms with Gasteiger partial charge in [-0.15, -0.1) is 11.3 Å². The lowest BCUT2D eigenvalue weighted by Crippen LogP contribution is -2.27. The summed E-state index contributed by atoms with van der Waals surface area (Å²) in [4.78, 5) is 1.48. The molecule has 0 aliphatic rings. The standard InChI is InChI=1S/C12H20BrNS/c1-3-4-9-14-10(2)5-6-11-7-8-12(13)15-11/h7-8,10,14H,3-6,9H2,1-2H3. The normalized spacial score (nSPS) is 13.0. The first-order valence-corrected chi connectivity index (χ1v) is 7.31. The molecule has 0 amide bonds. The van der Waals surface area contributed by atoms with Crippen molar-refractivity contribution in [2.24, 2.45) is 0 Å². The Bertz CT molecular complexity index is 272. The molecule has 0 saturated carbocycles. The first-order chi connectivity index (χ1) is 7.22. The van der Waals surface area contributed by atoms with Gasteiger partial charge >= 0.3 is 0 Å². The fraction of sp³-hybridized carbons (Fsp3) is 0.667. The van der Waals surface area contributed by atoms with Crippen LogP contribution >= 0.6 is 27.3 Å². The fourth-order valence-corrected chi connectivity index (χ4v) is 2.97. The van der Waals surface area contributed by atoms with Gasteiger partial charge in [-0.05, 0) is 60.8 Å². The molecule has 0 fully saturated rings. The van der Waals surface area contributed by atoms with E-state index < -0.39 is 0 Å². The summed E-state index contributed by atoms with van der Waals surface area (Å²) in [5, 5.41) is 3.55. The Morgan fingerprint density at radius 2 is 2.27 bits per heavy atom. The molecule has 0 aliphatic carbocycles. The lowest BCUT2D eigenvalue weighted by atomic mass is 10.1. The van der Waals surface area contributed by atoms with Crippen LogP contribution < -0.4 is 5.32 Å². The monoisotopic (exact) mass is 289 g/mol. The second-order valence-corrected chi connectivity index (χ2v) is 6.50. The summed E-state index contributed by atoms with van der Waals surface area (Å²) in [7, 11) is 0. The van der Waals surface area contributed by atoms with Crippen LogP contribution in [-0.4, -0.2) is 12.6 Å². The van der Waals surface area contributed by atoms with E-state index in [2.05, 4.69) is 47.2 Å². The second kappa shape index (κ2) is 7.42.